The van der Waals surface area contributed by atoms with Gasteiger partial charge in [-0.2, -0.15) is 0 Å². The second-order valence-electron chi connectivity index (χ2n) is 10.6. The first-order chi connectivity index (χ1) is 18.7. The van der Waals surface area contributed by atoms with Crippen LogP contribution in [0, 0.1) is 18.6 Å². The van der Waals surface area contributed by atoms with Gasteiger partial charge in [-0.1, -0.05) is 6.07 Å². The molecule has 2 aliphatic rings. The maximum absolute atomic E-state index is 15.1. The van der Waals surface area contributed by atoms with Gasteiger partial charge in [-0.3, -0.25) is 9.69 Å². The van der Waals surface area contributed by atoms with Crippen LogP contribution in [0.1, 0.15) is 36.0 Å². The molecule has 9 nitrogen and oxygen atoms in total. The Kier molecular flexibility index (Phi) is 6.56. The number of carbonyl (C=O) groups is 1. The van der Waals surface area contributed by atoms with Crippen molar-refractivity contribution in [1.82, 2.24) is 34.3 Å². The number of aromatic nitrogens is 5. The number of aryl methyl sites for hydroxylation is 1. The van der Waals surface area contributed by atoms with E-state index in [9.17, 15) is 9.18 Å². The maximum atomic E-state index is 15.1. The van der Waals surface area contributed by atoms with Crippen molar-refractivity contribution < 1.29 is 13.6 Å². The largest absolute Gasteiger partial charge is 0.324 e. The monoisotopic (exact) mass is 532 g/mol. The zero-order valence-electron chi connectivity index (χ0n) is 22.2. The number of fused-ring (bicyclic) bond motifs is 2. The molecule has 0 amide bonds. The number of ketones is 1. The molecule has 0 spiro atoms. The first kappa shape index (κ1) is 25.4. The SMILES string of the molecule is Cc1nc2c(F)cc(-c3nc(Nc4ccc5c(n4)CCN(CCN(C)C)C5)ncc3F)cc2n1C1CC(=O)C1. The number of benzene rings is 1. The number of imidazole rings is 1. The molecule has 1 N–H and O–H groups in total. The number of rotatable bonds is 7. The molecule has 3 aromatic heterocycles. The number of nitrogens with zero attached hydrogens (tertiary/aromatic N) is 7. The van der Waals surface area contributed by atoms with Gasteiger partial charge in [0.25, 0.3) is 0 Å². The Labute approximate surface area is 224 Å². The summed E-state index contributed by atoms with van der Waals surface area (Å²) >= 11 is 0. The number of halogens is 2. The van der Waals surface area contributed by atoms with Gasteiger partial charge in [-0.25, -0.2) is 28.7 Å². The zero-order valence-corrected chi connectivity index (χ0v) is 22.2. The molecule has 0 atom stereocenters. The van der Waals surface area contributed by atoms with E-state index in [0.29, 0.717) is 30.0 Å². The van der Waals surface area contributed by atoms with Crippen LogP contribution in [0.4, 0.5) is 20.5 Å². The number of pyridine rings is 1. The highest BCUT2D eigenvalue weighted by Crippen LogP contribution is 2.36. The average molecular weight is 533 g/mol. The third-order valence-electron chi connectivity index (χ3n) is 7.46. The van der Waals surface area contributed by atoms with Crippen molar-refractivity contribution in [1.29, 1.82) is 0 Å². The molecule has 0 bridgehead atoms. The highest BCUT2D eigenvalue weighted by atomic mass is 19.1. The van der Waals surface area contributed by atoms with E-state index in [0.717, 1.165) is 44.5 Å². The lowest BCUT2D eigenvalue weighted by Gasteiger charge is -2.29. The number of Topliss-reactive ketones (excluding diaryl/α,β-unsaturated/α-hetero) is 1. The zero-order chi connectivity index (χ0) is 27.3. The average Bonchev–Trinajstić information content (AvgIpc) is 3.22. The van der Waals surface area contributed by atoms with Gasteiger partial charge in [-0.05, 0) is 44.8 Å². The quantitative estimate of drug-likeness (QED) is 0.381. The van der Waals surface area contributed by atoms with Crippen molar-refractivity contribution in [2.24, 2.45) is 0 Å². The van der Waals surface area contributed by atoms with Crippen molar-refractivity contribution in [3.63, 3.8) is 0 Å². The van der Waals surface area contributed by atoms with E-state index in [1.54, 1.807) is 13.0 Å². The topological polar surface area (TPSA) is 92.1 Å². The fourth-order valence-electron chi connectivity index (χ4n) is 5.34. The van der Waals surface area contributed by atoms with Gasteiger partial charge >= 0.3 is 0 Å². The molecule has 4 heterocycles. The molecule has 1 fully saturated rings. The summed E-state index contributed by atoms with van der Waals surface area (Å²) in [6.07, 6.45) is 2.68. The summed E-state index contributed by atoms with van der Waals surface area (Å²) < 4.78 is 31.9. The Morgan fingerprint density at radius 3 is 2.69 bits per heavy atom. The maximum Gasteiger partial charge on any atom is 0.229 e. The summed E-state index contributed by atoms with van der Waals surface area (Å²) in [6.45, 7) is 5.58. The van der Waals surface area contributed by atoms with E-state index >= 15 is 4.39 Å². The van der Waals surface area contributed by atoms with Crippen LogP contribution in [0.25, 0.3) is 22.3 Å². The molecule has 0 unspecified atom stereocenters. The summed E-state index contributed by atoms with van der Waals surface area (Å²) in [7, 11) is 4.15. The van der Waals surface area contributed by atoms with E-state index < -0.39 is 11.6 Å². The van der Waals surface area contributed by atoms with Crippen molar-refractivity contribution in [3.05, 3.63) is 59.2 Å². The third-order valence-corrected chi connectivity index (χ3v) is 7.46. The molecular formula is C28H30F2N8O. The van der Waals surface area contributed by atoms with Crippen LogP contribution in [0.3, 0.4) is 0 Å². The number of anilines is 2. The Balaban J connectivity index is 1.26. The summed E-state index contributed by atoms with van der Waals surface area (Å²) in [5, 5.41) is 3.08. The van der Waals surface area contributed by atoms with E-state index in [4.69, 9.17) is 4.98 Å². The van der Waals surface area contributed by atoms with Crippen molar-refractivity contribution in [3.8, 4) is 11.3 Å². The van der Waals surface area contributed by atoms with Crippen LogP contribution in [-0.4, -0.2) is 73.8 Å². The van der Waals surface area contributed by atoms with Crippen LogP contribution in [0.5, 0.6) is 0 Å². The number of hydrogen-bond acceptors (Lipinski definition) is 8. The summed E-state index contributed by atoms with van der Waals surface area (Å²) in [5.41, 5.74) is 3.17. The van der Waals surface area contributed by atoms with Gasteiger partial charge in [0.2, 0.25) is 5.95 Å². The molecule has 0 saturated heterocycles. The number of hydrogen-bond donors (Lipinski definition) is 1. The minimum absolute atomic E-state index is 0.0297. The highest BCUT2D eigenvalue weighted by Gasteiger charge is 2.31. The third kappa shape index (κ3) is 4.99. The molecule has 6 rings (SSSR count). The minimum Gasteiger partial charge on any atom is -0.324 e. The number of nitrogens with one attached hydrogen (secondary N) is 1. The van der Waals surface area contributed by atoms with Crippen LogP contribution < -0.4 is 5.32 Å². The molecule has 0 radical (unpaired) electrons. The fourth-order valence-corrected chi connectivity index (χ4v) is 5.34. The first-order valence-corrected chi connectivity index (χ1v) is 13.1. The van der Waals surface area contributed by atoms with Gasteiger partial charge in [-0.15, -0.1) is 0 Å². The molecular weight excluding hydrogens is 502 g/mol. The molecule has 202 valence electrons. The summed E-state index contributed by atoms with van der Waals surface area (Å²) in [5.74, 6) is 0.266. The van der Waals surface area contributed by atoms with Gasteiger partial charge in [0, 0.05) is 62.7 Å². The number of carbonyl (C=O) groups excluding carboxylic acids is 1. The second kappa shape index (κ2) is 10.0. The van der Waals surface area contributed by atoms with Crippen molar-refractivity contribution >= 4 is 28.6 Å². The number of likely N-dealkylation sites (N-methyl/N-ethyl adjacent to an activating group) is 1. The fraction of sp³-hybridized carbons (Fsp3) is 0.393. The highest BCUT2D eigenvalue weighted by molar-refractivity contribution is 5.87. The molecule has 1 aromatic carbocycles. The van der Waals surface area contributed by atoms with Gasteiger partial charge in [0.1, 0.15) is 28.6 Å². The van der Waals surface area contributed by atoms with Crippen LogP contribution in [0.15, 0.2) is 30.5 Å². The smallest absolute Gasteiger partial charge is 0.229 e. The van der Waals surface area contributed by atoms with Gasteiger partial charge < -0.3 is 14.8 Å². The summed E-state index contributed by atoms with van der Waals surface area (Å²) in [4.78, 5) is 33.8. The predicted octanol–water partition coefficient (Wildman–Crippen LogP) is 4.04. The van der Waals surface area contributed by atoms with Gasteiger partial charge in [0.05, 0.1) is 11.7 Å². The van der Waals surface area contributed by atoms with Gasteiger partial charge in [0.15, 0.2) is 11.6 Å². The first-order valence-electron chi connectivity index (χ1n) is 13.1. The molecule has 1 aliphatic heterocycles. The standard InChI is InChI=1S/C28H30F2N8O/c1-16-32-27-21(29)10-18(11-24(27)38(16)19-12-20(39)13-19)26-22(30)14-31-28(35-26)34-25-5-4-17-15-37(9-8-36(2)3)7-6-23(17)33-25/h4-5,10-11,14,19H,6-9,12-13,15H2,1-3H3,(H,31,33,34,35). The normalized spacial score (nSPS) is 16.1. The van der Waals surface area contributed by atoms with E-state index in [-0.39, 0.29) is 34.5 Å². The Bertz CT molecular complexity index is 1580. The predicted molar refractivity (Wildman–Crippen MR) is 144 cm³/mol. The van der Waals surface area contributed by atoms with Crippen LogP contribution in [0.2, 0.25) is 0 Å². The van der Waals surface area contributed by atoms with E-state index in [1.807, 2.05) is 10.6 Å². The molecule has 1 saturated carbocycles. The lowest BCUT2D eigenvalue weighted by Crippen LogP contribution is -2.36. The van der Waals surface area contributed by atoms with Crippen LogP contribution >= 0.6 is 0 Å². The minimum atomic E-state index is -0.669. The second-order valence-corrected chi connectivity index (χ2v) is 10.6. The Morgan fingerprint density at radius 1 is 1.10 bits per heavy atom. The molecule has 4 aromatic rings. The van der Waals surface area contributed by atoms with Crippen molar-refractivity contribution in [2.45, 2.75) is 38.8 Å². The van der Waals surface area contributed by atoms with E-state index in [1.165, 1.54) is 11.6 Å². The van der Waals surface area contributed by atoms with E-state index in [2.05, 4.69) is 50.2 Å². The molecule has 1 aliphatic carbocycles. The summed E-state index contributed by atoms with van der Waals surface area (Å²) in [6, 6.07) is 6.76. The van der Waals surface area contributed by atoms with Crippen molar-refractivity contribution in [2.75, 3.05) is 39.0 Å². The molecule has 11 heteroatoms. The Morgan fingerprint density at radius 2 is 1.92 bits per heavy atom. The lowest BCUT2D eigenvalue weighted by atomic mass is 9.91. The lowest BCUT2D eigenvalue weighted by molar-refractivity contribution is -0.126. The Hall–Kier alpha value is -3.83. The molecule has 39 heavy (non-hydrogen) atoms. The van der Waals surface area contributed by atoms with Crippen LogP contribution in [-0.2, 0) is 17.8 Å².